The molecule has 1 aromatic rings. The van der Waals surface area contributed by atoms with E-state index in [1.54, 1.807) is 18.3 Å². The lowest BCUT2D eigenvalue weighted by atomic mass is 9.87. The molecular formula is C13H19N3O2. The second kappa shape index (κ2) is 5.35. The monoisotopic (exact) mass is 249 g/mol. The van der Waals surface area contributed by atoms with Crippen LogP contribution in [0.4, 0.5) is 5.69 Å². The number of rotatable bonds is 4. The first-order chi connectivity index (χ1) is 8.67. The fourth-order valence-electron chi connectivity index (χ4n) is 2.47. The molecule has 1 heterocycles. The first-order valence-electron chi connectivity index (χ1n) is 6.26. The molecule has 0 aromatic carbocycles. The third kappa shape index (κ3) is 2.61. The van der Waals surface area contributed by atoms with Gasteiger partial charge in [0.25, 0.3) is 5.91 Å². The summed E-state index contributed by atoms with van der Waals surface area (Å²) in [5, 5.41) is 12.3. The summed E-state index contributed by atoms with van der Waals surface area (Å²) in [7, 11) is 0. The van der Waals surface area contributed by atoms with Crippen molar-refractivity contribution in [2.24, 2.45) is 5.41 Å². The van der Waals surface area contributed by atoms with Gasteiger partial charge in [-0.3, -0.25) is 4.79 Å². The second-order valence-corrected chi connectivity index (χ2v) is 4.99. The fourth-order valence-corrected chi connectivity index (χ4v) is 2.47. The van der Waals surface area contributed by atoms with Crippen LogP contribution in [0, 0.1) is 5.41 Å². The molecule has 0 bridgehead atoms. The highest BCUT2D eigenvalue weighted by atomic mass is 16.3. The van der Waals surface area contributed by atoms with Crippen molar-refractivity contribution in [2.45, 2.75) is 25.7 Å². The van der Waals surface area contributed by atoms with Gasteiger partial charge in [-0.15, -0.1) is 0 Å². The standard InChI is InChI=1S/C13H19N3O2/c14-10-4-3-7-15-11(10)12(18)16-8-13(9-17)5-1-2-6-13/h3-4,7,17H,1-2,5-6,8-9,14H2,(H,16,18). The van der Waals surface area contributed by atoms with Gasteiger partial charge in [-0.05, 0) is 25.0 Å². The number of hydrogen-bond acceptors (Lipinski definition) is 4. The first kappa shape index (κ1) is 12.8. The van der Waals surface area contributed by atoms with Crippen molar-refractivity contribution in [3.63, 3.8) is 0 Å². The Hall–Kier alpha value is -1.62. The minimum absolute atomic E-state index is 0.116. The highest BCUT2D eigenvalue weighted by Crippen LogP contribution is 2.36. The second-order valence-electron chi connectivity index (χ2n) is 4.99. The number of aliphatic hydroxyl groups is 1. The number of pyridine rings is 1. The van der Waals surface area contributed by atoms with Crippen LogP contribution in [0.2, 0.25) is 0 Å². The van der Waals surface area contributed by atoms with Crippen LogP contribution in [0.15, 0.2) is 18.3 Å². The number of carbonyl (C=O) groups is 1. The highest BCUT2D eigenvalue weighted by molar-refractivity contribution is 5.96. The largest absolute Gasteiger partial charge is 0.397 e. The molecule has 0 spiro atoms. The zero-order valence-corrected chi connectivity index (χ0v) is 10.4. The quantitative estimate of drug-likeness (QED) is 0.741. The third-order valence-electron chi connectivity index (χ3n) is 3.68. The maximum absolute atomic E-state index is 11.9. The van der Waals surface area contributed by atoms with E-state index in [0.717, 1.165) is 25.7 Å². The Morgan fingerprint density at radius 2 is 2.22 bits per heavy atom. The van der Waals surface area contributed by atoms with E-state index in [1.165, 1.54) is 0 Å². The van der Waals surface area contributed by atoms with Crippen LogP contribution < -0.4 is 11.1 Å². The van der Waals surface area contributed by atoms with Crippen molar-refractivity contribution in [1.29, 1.82) is 0 Å². The van der Waals surface area contributed by atoms with E-state index in [-0.39, 0.29) is 23.6 Å². The van der Waals surface area contributed by atoms with Gasteiger partial charge in [0.15, 0.2) is 5.69 Å². The molecule has 18 heavy (non-hydrogen) atoms. The van der Waals surface area contributed by atoms with Crippen molar-refractivity contribution in [1.82, 2.24) is 10.3 Å². The van der Waals surface area contributed by atoms with Crippen LogP contribution in [0.3, 0.4) is 0 Å². The Bertz CT molecular complexity index is 428. The number of nitrogens with one attached hydrogen (secondary N) is 1. The Morgan fingerprint density at radius 1 is 1.50 bits per heavy atom. The van der Waals surface area contributed by atoms with E-state index in [4.69, 9.17) is 5.73 Å². The highest BCUT2D eigenvalue weighted by Gasteiger charge is 2.33. The molecule has 98 valence electrons. The lowest BCUT2D eigenvalue weighted by molar-refractivity contribution is 0.0877. The maximum Gasteiger partial charge on any atom is 0.272 e. The fraction of sp³-hybridized carbons (Fsp3) is 0.538. The summed E-state index contributed by atoms with van der Waals surface area (Å²) >= 11 is 0. The summed E-state index contributed by atoms with van der Waals surface area (Å²) in [4.78, 5) is 15.9. The molecular weight excluding hydrogens is 230 g/mol. The predicted molar refractivity (Wildman–Crippen MR) is 69.0 cm³/mol. The Labute approximate surface area is 106 Å². The normalized spacial score (nSPS) is 17.6. The average Bonchev–Trinajstić information content (AvgIpc) is 2.86. The lowest BCUT2D eigenvalue weighted by Crippen LogP contribution is -2.38. The molecule has 1 aliphatic carbocycles. The average molecular weight is 249 g/mol. The summed E-state index contributed by atoms with van der Waals surface area (Å²) in [6.07, 6.45) is 5.69. The molecule has 0 unspecified atom stereocenters. The van der Waals surface area contributed by atoms with Crippen LogP contribution in [-0.2, 0) is 0 Å². The predicted octanol–water partition coefficient (Wildman–Crippen LogP) is 0.946. The van der Waals surface area contributed by atoms with Crippen LogP contribution in [0.1, 0.15) is 36.2 Å². The van der Waals surface area contributed by atoms with Crippen LogP contribution in [-0.4, -0.2) is 29.1 Å². The van der Waals surface area contributed by atoms with Crippen molar-refractivity contribution in [3.05, 3.63) is 24.0 Å². The SMILES string of the molecule is Nc1cccnc1C(=O)NCC1(CO)CCCC1. The zero-order valence-electron chi connectivity index (χ0n) is 10.4. The number of nitrogens with zero attached hydrogens (tertiary/aromatic N) is 1. The summed E-state index contributed by atoms with van der Waals surface area (Å²) in [6.45, 7) is 0.601. The molecule has 5 heteroatoms. The smallest absolute Gasteiger partial charge is 0.272 e. The number of aromatic nitrogens is 1. The van der Waals surface area contributed by atoms with E-state index in [9.17, 15) is 9.90 Å². The van der Waals surface area contributed by atoms with Crippen LogP contribution >= 0.6 is 0 Å². The number of aliphatic hydroxyl groups excluding tert-OH is 1. The van der Waals surface area contributed by atoms with E-state index >= 15 is 0 Å². The van der Waals surface area contributed by atoms with Crippen molar-refractivity contribution >= 4 is 11.6 Å². The van der Waals surface area contributed by atoms with Gasteiger partial charge >= 0.3 is 0 Å². The maximum atomic E-state index is 11.9. The molecule has 0 aliphatic heterocycles. The van der Waals surface area contributed by atoms with Crippen molar-refractivity contribution in [2.75, 3.05) is 18.9 Å². The van der Waals surface area contributed by atoms with Crippen LogP contribution in [0.25, 0.3) is 0 Å². The number of carbonyl (C=O) groups excluding carboxylic acids is 1. The van der Waals surface area contributed by atoms with E-state index < -0.39 is 0 Å². The number of nitrogens with two attached hydrogens (primary N) is 1. The summed E-state index contributed by atoms with van der Waals surface area (Å²) in [5.74, 6) is -0.271. The van der Waals surface area contributed by atoms with E-state index in [1.807, 2.05) is 0 Å². The molecule has 5 nitrogen and oxygen atoms in total. The minimum Gasteiger partial charge on any atom is -0.397 e. The number of hydrogen-bond donors (Lipinski definition) is 3. The van der Waals surface area contributed by atoms with Gasteiger partial charge in [0.1, 0.15) is 0 Å². The van der Waals surface area contributed by atoms with Gasteiger partial charge in [0.05, 0.1) is 12.3 Å². The number of anilines is 1. The summed E-state index contributed by atoms with van der Waals surface area (Å²) in [5.41, 5.74) is 6.17. The molecule has 1 saturated carbocycles. The minimum atomic E-state index is -0.271. The molecule has 1 amide bonds. The molecule has 1 aromatic heterocycles. The Kier molecular flexibility index (Phi) is 3.81. The number of amides is 1. The number of nitrogen functional groups attached to an aromatic ring is 1. The zero-order chi connectivity index (χ0) is 13.0. The van der Waals surface area contributed by atoms with E-state index in [0.29, 0.717) is 12.2 Å². The first-order valence-corrected chi connectivity index (χ1v) is 6.26. The lowest BCUT2D eigenvalue weighted by Gasteiger charge is -2.26. The Morgan fingerprint density at radius 3 is 2.83 bits per heavy atom. The summed E-state index contributed by atoms with van der Waals surface area (Å²) in [6, 6.07) is 3.34. The van der Waals surface area contributed by atoms with E-state index in [2.05, 4.69) is 10.3 Å². The molecule has 1 aliphatic rings. The van der Waals surface area contributed by atoms with Gasteiger partial charge in [0, 0.05) is 18.2 Å². The molecule has 0 radical (unpaired) electrons. The Balaban J connectivity index is 1.98. The van der Waals surface area contributed by atoms with Crippen molar-refractivity contribution < 1.29 is 9.90 Å². The topological polar surface area (TPSA) is 88.2 Å². The van der Waals surface area contributed by atoms with Gasteiger partial charge in [-0.25, -0.2) is 4.98 Å². The van der Waals surface area contributed by atoms with Gasteiger partial charge in [0.2, 0.25) is 0 Å². The molecule has 1 fully saturated rings. The van der Waals surface area contributed by atoms with Gasteiger partial charge in [-0.1, -0.05) is 12.8 Å². The molecule has 0 atom stereocenters. The third-order valence-corrected chi connectivity index (χ3v) is 3.68. The molecule has 4 N–H and O–H groups in total. The van der Waals surface area contributed by atoms with Gasteiger partial charge < -0.3 is 16.2 Å². The summed E-state index contributed by atoms with van der Waals surface area (Å²) < 4.78 is 0. The van der Waals surface area contributed by atoms with Crippen LogP contribution in [0.5, 0.6) is 0 Å². The molecule has 0 saturated heterocycles. The van der Waals surface area contributed by atoms with Gasteiger partial charge in [-0.2, -0.15) is 0 Å². The molecule has 2 rings (SSSR count). The van der Waals surface area contributed by atoms with Crippen molar-refractivity contribution in [3.8, 4) is 0 Å².